The lowest BCUT2D eigenvalue weighted by molar-refractivity contribution is 0.0827. The van der Waals surface area contributed by atoms with Crippen LogP contribution in [0, 0.1) is 0 Å². The number of aryl methyl sites for hydroxylation is 1. The van der Waals surface area contributed by atoms with Crippen molar-refractivity contribution in [2.45, 2.75) is 31.5 Å². The summed E-state index contributed by atoms with van der Waals surface area (Å²) in [5, 5.41) is 10.7. The molecule has 4 aromatic heterocycles. The molecule has 1 fully saturated rings. The van der Waals surface area contributed by atoms with E-state index in [4.69, 9.17) is 4.98 Å². The molecule has 43 heavy (non-hydrogen) atoms. The van der Waals surface area contributed by atoms with Crippen molar-refractivity contribution in [1.82, 2.24) is 39.0 Å². The van der Waals surface area contributed by atoms with E-state index in [9.17, 15) is 9.59 Å². The number of halogens is 1. The number of carbonyl (C=O) groups is 1. The van der Waals surface area contributed by atoms with Gasteiger partial charge in [-0.2, -0.15) is 10.2 Å². The molecule has 1 saturated carbocycles. The number of nitrogens with zero attached hydrogens (tertiary/aromatic N) is 7. The molecule has 10 nitrogen and oxygen atoms in total. The van der Waals surface area contributed by atoms with Gasteiger partial charge in [0.1, 0.15) is 12.0 Å². The first-order valence-corrected chi connectivity index (χ1v) is 14.2. The molecule has 6 aromatic rings. The third-order valence-electron chi connectivity index (χ3n) is 8.10. The Hall–Kier alpha value is -5.06. The van der Waals surface area contributed by atoms with E-state index in [0.29, 0.717) is 34.1 Å². The number of pyridine rings is 1. The Morgan fingerprint density at radius 2 is 1.84 bits per heavy atom. The lowest BCUT2D eigenvalue weighted by atomic mass is 10.0. The Morgan fingerprint density at radius 3 is 2.56 bits per heavy atom. The summed E-state index contributed by atoms with van der Waals surface area (Å²) in [5.74, 6) is 0.817. The zero-order chi connectivity index (χ0) is 30.0. The molecule has 0 bridgehead atoms. The predicted molar refractivity (Wildman–Crippen MR) is 163 cm³/mol. The fraction of sp³-hybridized carbons (Fsp3) is 0.281. The van der Waals surface area contributed by atoms with Crippen LogP contribution in [0.5, 0.6) is 0 Å². The molecule has 218 valence electrons. The van der Waals surface area contributed by atoms with Crippen molar-refractivity contribution < 1.29 is 9.18 Å². The van der Waals surface area contributed by atoms with Gasteiger partial charge < -0.3 is 14.5 Å². The van der Waals surface area contributed by atoms with Gasteiger partial charge >= 0.3 is 0 Å². The maximum absolute atomic E-state index is 15.4. The van der Waals surface area contributed by atoms with Crippen LogP contribution < -0.4 is 5.56 Å². The van der Waals surface area contributed by atoms with Crippen LogP contribution in [0.2, 0.25) is 0 Å². The van der Waals surface area contributed by atoms with Gasteiger partial charge in [0.2, 0.25) is 0 Å². The number of hydrogen-bond acceptors (Lipinski definition) is 5. The highest BCUT2D eigenvalue weighted by molar-refractivity contribution is 5.95. The number of rotatable bonds is 7. The summed E-state index contributed by atoms with van der Waals surface area (Å²) in [6.07, 6.45) is 4.54. The van der Waals surface area contributed by atoms with E-state index in [1.54, 1.807) is 47.7 Å². The van der Waals surface area contributed by atoms with Crippen molar-refractivity contribution >= 4 is 27.8 Å². The molecular weight excluding hydrogens is 547 g/mol. The summed E-state index contributed by atoms with van der Waals surface area (Å²) in [7, 11) is 7.15. The van der Waals surface area contributed by atoms with Crippen molar-refractivity contribution in [3.63, 3.8) is 0 Å². The summed E-state index contributed by atoms with van der Waals surface area (Å²) in [6.45, 7) is 0.0263. The monoisotopic (exact) mass is 578 g/mol. The lowest BCUT2D eigenvalue weighted by Crippen LogP contribution is -2.21. The van der Waals surface area contributed by atoms with Crippen molar-refractivity contribution in [3.8, 4) is 22.6 Å². The largest absolute Gasteiger partial charge is 0.345 e. The van der Waals surface area contributed by atoms with E-state index in [1.165, 1.54) is 4.90 Å². The maximum Gasteiger partial charge on any atom is 0.260 e. The summed E-state index contributed by atoms with van der Waals surface area (Å²) in [4.78, 5) is 34.8. The average Bonchev–Trinajstić information content (AvgIpc) is 3.49. The van der Waals surface area contributed by atoms with Gasteiger partial charge in [-0.1, -0.05) is 24.3 Å². The van der Waals surface area contributed by atoms with Crippen LogP contribution in [0.4, 0.5) is 4.39 Å². The smallest absolute Gasteiger partial charge is 0.260 e. The molecule has 1 N–H and O–H groups in total. The summed E-state index contributed by atoms with van der Waals surface area (Å²) in [5.41, 5.74) is 5.30. The minimum absolute atomic E-state index is 0.0263. The normalized spacial score (nSPS) is 14.1. The van der Waals surface area contributed by atoms with E-state index >= 15 is 4.39 Å². The minimum Gasteiger partial charge on any atom is -0.345 e. The summed E-state index contributed by atoms with van der Waals surface area (Å²) >= 11 is 0. The van der Waals surface area contributed by atoms with Crippen molar-refractivity contribution in [3.05, 3.63) is 88.1 Å². The number of aromatic nitrogens is 7. The zero-order valence-electron chi connectivity index (χ0n) is 24.4. The third kappa shape index (κ3) is 4.70. The number of imidazole rings is 1. The number of hydrogen-bond donors (Lipinski definition) is 1. The van der Waals surface area contributed by atoms with Crippen LogP contribution in [0.15, 0.2) is 65.7 Å². The molecular formula is C32H31FN8O2. The van der Waals surface area contributed by atoms with Gasteiger partial charge in [0, 0.05) is 74.1 Å². The quantitative estimate of drug-likeness (QED) is 0.288. The van der Waals surface area contributed by atoms with Crippen LogP contribution in [0.25, 0.3) is 44.6 Å². The fourth-order valence-corrected chi connectivity index (χ4v) is 5.80. The second kappa shape index (κ2) is 10.0. The predicted octanol–water partition coefficient (Wildman–Crippen LogP) is 4.97. The molecule has 2 aromatic carbocycles. The lowest BCUT2D eigenvalue weighted by Gasteiger charge is -2.12. The van der Waals surface area contributed by atoms with Crippen LogP contribution in [0.1, 0.15) is 46.5 Å². The Labute approximate surface area is 246 Å². The van der Waals surface area contributed by atoms with E-state index in [-0.39, 0.29) is 18.0 Å². The second-order valence-electron chi connectivity index (χ2n) is 11.5. The first-order valence-electron chi connectivity index (χ1n) is 14.2. The number of amides is 1. The fourth-order valence-electron chi connectivity index (χ4n) is 5.80. The molecule has 1 amide bonds. The minimum atomic E-state index is -1.31. The summed E-state index contributed by atoms with van der Waals surface area (Å²) in [6, 6.07) is 14.3. The van der Waals surface area contributed by atoms with Crippen molar-refractivity contribution in [1.29, 1.82) is 0 Å². The number of alkyl halides is 1. The van der Waals surface area contributed by atoms with Crippen LogP contribution >= 0.6 is 0 Å². The molecule has 0 radical (unpaired) electrons. The molecule has 0 unspecified atom stereocenters. The molecule has 0 aliphatic heterocycles. The second-order valence-corrected chi connectivity index (χ2v) is 11.5. The van der Waals surface area contributed by atoms with Gasteiger partial charge in [-0.05, 0) is 42.7 Å². The highest BCUT2D eigenvalue weighted by atomic mass is 19.1. The van der Waals surface area contributed by atoms with Gasteiger partial charge in [-0.3, -0.25) is 19.0 Å². The Balaban J connectivity index is 1.25. The van der Waals surface area contributed by atoms with Gasteiger partial charge in [0.05, 0.1) is 23.3 Å². The Morgan fingerprint density at radius 1 is 1.07 bits per heavy atom. The zero-order valence-corrected chi connectivity index (χ0v) is 24.4. The Kier molecular flexibility index (Phi) is 6.26. The molecule has 11 heteroatoms. The maximum atomic E-state index is 15.4. The van der Waals surface area contributed by atoms with E-state index in [2.05, 4.69) is 15.2 Å². The third-order valence-corrected chi connectivity index (χ3v) is 8.10. The highest BCUT2D eigenvalue weighted by Gasteiger charge is 2.33. The number of aromatic amines is 1. The first-order chi connectivity index (χ1) is 20.7. The van der Waals surface area contributed by atoms with Crippen molar-refractivity contribution in [2.75, 3.05) is 14.1 Å². The SMILES string of the molecule is CN(C)C(=O)c1ccc([C@@H](F)Cn2cc3c(-c4nc(-c5cc6cn(C)nc6[nH]c5=O)n(C)c4C4CC4)cccc3n2)cc1. The van der Waals surface area contributed by atoms with Crippen LogP contribution in [-0.4, -0.2) is 59.0 Å². The molecule has 4 heterocycles. The molecule has 0 spiro atoms. The van der Waals surface area contributed by atoms with Gasteiger partial charge in [0.25, 0.3) is 11.5 Å². The van der Waals surface area contributed by atoms with E-state index in [1.807, 2.05) is 55.3 Å². The number of nitrogens with one attached hydrogen (secondary N) is 1. The number of fused-ring (bicyclic) bond motifs is 2. The molecule has 7 rings (SSSR count). The topological polar surface area (TPSA) is 107 Å². The first kappa shape index (κ1) is 26.8. The molecule has 0 saturated heterocycles. The highest BCUT2D eigenvalue weighted by Crippen LogP contribution is 2.46. The van der Waals surface area contributed by atoms with Crippen LogP contribution in [0.3, 0.4) is 0 Å². The molecule has 1 aliphatic rings. The van der Waals surface area contributed by atoms with Crippen LogP contribution in [-0.2, 0) is 20.6 Å². The molecule has 1 aliphatic carbocycles. The number of carbonyl (C=O) groups excluding carboxylic acids is 1. The standard InChI is InChI=1S/C32H31FN8O2/c1-38(2)32(43)20-12-8-18(9-13-20)25(33)17-41-16-24-22(6-5-7-26(24)36-41)27-28(19-10-11-19)40(4)30(34-27)23-14-21-15-39(3)37-29(21)35-31(23)42/h5-9,12-16,19,25H,10-11,17H2,1-4H3,(H,35,37,42)/t25-/m0/s1. The number of H-pyrrole nitrogens is 1. The van der Waals surface area contributed by atoms with E-state index in [0.717, 1.165) is 46.1 Å². The average molecular weight is 579 g/mol. The van der Waals surface area contributed by atoms with Gasteiger partial charge in [-0.15, -0.1) is 0 Å². The van der Waals surface area contributed by atoms with Gasteiger partial charge in [0.15, 0.2) is 5.65 Å². The van der Waals surface area contributed by atoms with E-state index < -0.39 is 6.17 Å². The van der Waals surface area contributed by atoms with Gasteiger partial charge in [-0.25, -0.2) is 9.37 Å². The molecule has 1 atom stereocenters. The Bertz CT molecular complexity index is 2080. The van der Waals surface area contributed by atoms with Crippen molar-refractivity contribution in [2.24, 2.45) is 14.1 Å². The number of benzene rings is 2. The summed E-state index contributed by atoms with van der Waals surface area (Å²) < 4.78 is 20.8.